The van der Waals surface area contributed by atoms with Gasteiger partial charge in [0, 0.05) is 0 Å². The van der Waals surface area contributed by atoms with Gasteiger partial charge in [-0.05, 0) is 42.3 Å². The summed E-state index contributed by atoms with van der Waals surface area (Å²) < 4.78 is 23.8. The molecular formula is C16H15FO4. The molecule has 5 heteroatoms. The fraction of sp³-hybridized carbons (Fsp3) is 0.188. The summed E-state index contributed by atoms with van der Waals surface area (Å²) in [5, 5.41) is 9.19. The highest BCUT2D eigenvalue weighted by atomic mass is 19.1. The summed E-state index contributed by atoms with van der Waals surface area (Å²) in [4.78, 5) is 11.2. The van der Waals surface area contributed by atoms with E-state index in [4.69, 9.17) is 9.47 Å². The number of carbonyl (C=O) groups is 1. The average molecular weight is 290 g/mol. The molecule has 0 aliphatic carbocycles. The summed E-state index contributed by atoms with van der Waals surface area (Å²) in [5.41, 5.74) is 1.54. The van der Waals surface area contributed by atoms with E-state index >= 15 is 0 Å². The standard InChI is InChI=1S/C16H15FO4/c1-10-8-12(17)7-6-11(10)9-21-15-13(16(18)19)4-3-5-14(15)20-2/h3-8H,9H2,1-2H3,(H,18,19). The first-order valence-corrected chi connectivity index (χ1v) is 6.31. The van der Waals surface area contributed by atoms with Crippen LogP contribution in [0.25, 0.3) is 0 Å². The van der Waals surface area contributed by atoms with E-state index in [0.717, 1.165) is 11.1 Å². The number of para-hydroxylation sites is 1. The molecule has 2 rings (SSSR count). The Kier molecular flexibility index (Phi) is 4.42. The Morgan fingerprint density at radius 3 is 2.67 bits per heavy atom. The van der Waals surface area contributed by atoms with Gasteiger partial charge in [0.1, 0.15) is 18.0 Å². The van der Waals surface area contributed by atoms with Gasteiger partial charge in [-0.2, -0.15) is 0 Å². The van der Waals surface area contributed by atoms with Crippen LogP contribution >= 0.6 is 0 Å². The molecule has 0 aromatic heterocycles. The van der Waals surface area contributed by atoms with Gasteiger partial charge in [0.15, 0.2) is 11.5 Å². The Labute approximate surface area is 121 Å². The van der Waals surface area contributed by atoms with Crippen molar-refractivity contribution in [3.63, 3.8) is 0 Å². The molecule has 0 heterocycles. The van der Waals surface area contributed by atoms with Crippen molar-refractivity contribution in [2.24, 2.45) is 0 Å². The van der Waals surface area contributed by atoms with Crippen molar-refractivity contribution in [3.8, 4) is 11.5 Å². The van der Waals surface area contributed by atoms with Crippen LogP contribution in [0.3, 0.4) is 0 Å². The molecule has 0 atom stereocenters. The minimum atomic E-state index is -1.10. The van der Waals surface area contributed by atoms with Crippen LogP contribution in [0.15, 0.2) is 36.4 Å². The molecule has 0 saturated heterocycles. The van der Waals surface area contributed by atoms with E-state index in [2.05, 4.69) is 0 Å². The molecule has 0 fully saturated rings. The lowest BCUT2D eigenvalue weighted by Crippen LogP contribution is -2.06. The average Bonchev–Trinajstić information content (AvgIpc) is 2.45. The monoisotopic (exact) mass is 290 g/mol. The molecule has 4 nitrogen and oxygen atoms in total. The van der Waals surface area contributed by atoms with Crippen molar-refractivity contribution in [1.29, 1.82) is 0 Å². The third-order valence-corrected chi connectivity index (χ3v) is 3.11. The first kappa shape index (κ1) is 14.8. The number of carboxylic acid groups (broad SMARTS) is 1. The van der Waals surface area contributed by atoms with E-state index in [0.29, 0.717) is 5.75 Å². The van der Waals surface area contributed by atoms with E-state index in [1.54, 1.807) is 25.1 Å². The zero-order chi connectivity index (χ0) is 15.4. The second kappa shape index (κ2) is 6.26. The number of hydrogen-bond donors (Lipinski definition) is 1. The molecule has 0 aliphatic heterocycles. The quantitative estimate of drug-likeness (QED) is 0.916. The second-order valence-electron chi connectivity index (χ2n) is 4.50. The lowest BCUT2D eigenvalue weighted by Gasteiger charge is -2.14. The number of rotatable bonds is 5. The molecule has 0 saturated carbocycles. The highest BCUT2D eigenvalue weighted by molar-refractivity contribution is 5.92. The molecule has 0 radical (unpaired) electrons. The Balaban J connectivity index is 2.28. The summed E-state index contributed by atoms with van der Waals surface area (Å²) in [6.45, 7) is 1.90. The smallest absolute Gasteiger partial charge is 0.339 e. The number of aromatic carboxylic acids is 1. The van der Waals surface area contributed by atoms with Gasteiger partial charge in [0.05, 0.1) is 7.11 Å². The van der Waals surface area contributed by atoms with E-state index in [-0.39, 0.29) is 23.7 Å². The molecule has 110 valence electrons. The number of carboxylic acids is 1. The molecule has 0 amide bonds. The second-order valence-corrected chi connectivity index (χ2v) is 4.50. The zero-order valence-electron chi connectivity index (χ0n) is 11.7. The molecule has 0 spiro atoms. The van der Waals surface area contributed by atoms with Gasteiger partial charge in [-0.25, -0.2) is 9.18 Å². The van der Waals surface area contributed by atoms with E-state index in [1.807, 2.05) is 0 Å². The largest absolute Gasteiger partial charge is 0.493 e. The summed E-state index contributed by atoms with van der Waals surface area (Å²) in [7, 11) is 1.44. The van der Waals surface area contributed by atoms with Crippen LogP contribution in [-0.4, -0.2) is 18.2 Å². The lowest BCUT2D eigenvalue weighted by atomic mass is 10.1. The Morgan fingerprint density at radius 1 is 1.29 bits per heavy atom. The number of benzene rings is 2. The molecule has 2 aromatic carbocycles. The number of halogens is 1. The molecular weight excluding hydrogens is 275 g/mol. The predicted octanol–water partition coefficient (Wildman–Crippen LogP) is 3.42. The van der Waals surface area contributed by atoms with Crippen LogP contribution in [0.5, 0.6) is 11.5 Å². The van der Waals surface area contributed by atoms with Gasteiger partial charge >= 0.3 is 5.97 Å². The molecule has 0 bridgehead atoms. The first-order chi connectivity index (χ1) is 10.0. The van der Waals surface area contributed by atoms with Crippen molar-refractivity contribution < 1.29 is 23.8 Å². The fourth-order valence-electron chi connectivity index (χ4n) is 1.97. The van der Waals surface area contributed by atoms with Gasteiger partial charge < -0.3 is 14.6 Å². The first-order valence-electron chi connectivity index (χ1n) is 6.31. The summed E-state index contributed by atoms with van der Waals surface area (Å²) in [6, 6.07) is 9.00. The highest BCUT2D eigenvalue weighted by Crippen LogP contribution is 2.32. The summed E-state index contributed by atoms with van der Waals surface area (Å²) in [5.74, 6) is -0.912. The number of hydrogen-bond acceptors (Lipinski definition) is 3. The van der Waals surface area contributed by atoms with Gasteiger partial charge in [-0.15, -0.1) is 0 Å². The minimum Gasteiger partial charge on any atom is -0.493 e. The molecule has 0 unspecified atom stereocenters. The number of ether oxygens (including phenoxy) is 2. The SMILES string of the molecule is COc1cccc(C(=O)O)c1OCc1ccc(F)cc1C. The van der Waals surface area contributed by atoms with E-state index in [1.165, 1.54) is 25.3 Å². The minimum absolute atomic E-state index is 0.0223. The van der Waals surface area contributed by atoms with Crippen LogP contribution in [0.2, 0.25) is 0 Å². The van der Waals surface area contributed by atoms with Crippen LogP contribution in [0, 0.1) is 12.7 Å². The maximum absolute atomic E-state index is 13.1. The van der Waals surface area contributed by atoms with Crippen LogP contribution in [0.1, 0.15) is 21.5 Å². The Morgan fingerprint density at radius 2 is 2.05 bits per heavy atom. The normalized spacial score (nSPS) is 10.2. The van der Waals surface area contributed by atoms with Gasteiger partial charge in [0.2, 0.25) is 0 Å². The van der Waals surface area contributed by atoms with E-state index < -0.39 is 5.97 Å². The summed E-state index contributed by atoms with van der Waals surface area (Å²) >= 11 is 0. The molecule has 0 aliphatic rings. The summed E-state index contributed by atoms with van der Waals surface area (Å²) in [6.07, 6.45) is 0. The highest BCUT2D eigenvalue weighted by Gasteiger charge is 2.16. The lowest BCUT2D eigenvalue weighted by molar-refractivity contribution is 0.0691. The third kappa shape index (κ3) is 3.31. The number of methoxy groups -OCH3 is 1. The maximum atomic E-state index is 13.1. The Hall–Kier alpha value is -2.56. The van der Waals surface area contributed by atoms with Crippen LogP contribution in [-0.2, 0) is 6.61 Å². The van der Waals surface area contributed by atoms with Crippen LogP contribution in [0.4, 0.5) is 4.39 Å². The van der Waals surface area contributed by atoms with Gasteiger partial charge in [-0.1, -0.05) is 12.1 Å². The number of aryl methyl sites for hydroxylation is 1. The van der Waals surface area contributed by atoms with Gasteiger partial charge in [-0.3, -0.25) is 0 Å². The molecule has 21 heavy (non-hydrogen) atoms. The van der Waals surface area contributed by atoms with Crippen molar-refractivity contribution in [1.82, 2.24) is 0 Å². The van der Waals surface area contributed by atoms with Crippen molar-refractivity contribution in [2.45, 2.75) is 13.5 Å². The van der Waals surface area contributed by atoms with Crippen LogP contribution < -0.4 is 9.47 Å². The van der Waals surface area contributed by atoms with Crippen molar-refractivity contribution in [2.75, 3.05) is 7.11 Å². The maximum Gasteiger partial charge on any atom is 0.339 e. The van der Waals surface area contributed by atoms with E-state index in [9.17, 15) is 14.3 Å². The van der Waals surface area contributed by atoms with Crippen molar-refractivity contribution in [3.05, 3.63) is 58.9 Å². The molecule has 1 N–H and O–H groups in total. The zero-order valence-corrected chi connectivity index (χ0v) is 11.7. The topological polar surface area (TPSA) is 55.8 Å². The fourth-order valence-corrected chi connectivity index (χ4v) is 1.97. The molecule has 2 aromatic rings. The van der Waals surface area contributed by atoms with Crippen molar-refractivity contribution >= 4 is 5.97 Å². The third-order valence-electron chi connectivity index (χ3n) is 3.11. The Bertz CT molecular complexity index is 667. The predicted molar refractivity (Wildman–Crippen MR) is 75.4 cm³/mol. The van der Waals surface area contributed by atoms with Gasteiger partial charge in [0.25, 0.3) is 0 Å².